The number of benzene rings is 1. The highest BCUT2D eigenvalue weighted by atomic mass is 32.2. The van der Waals surface area contributed by atoms with Gasteiger partial charge in [0.25, 0.3) is 0 Å². The van der Waals surface area contributed by atoms with Gasteiger partial charge in [-0.1, -0.05) is 18.2 Å². The van der Waals surface area contributed by atoms with Gasteiger partial charge in [0, 0.05) is 37.0 Å². The maximum Gasteiger partial charge on any atom is 0.240 e. The van der Waals surface area contributed by atoms with Gasteiger partial charge in [-0.15, -0.1) is 0 Å². The number of aryl methyl sites for hydroxylation is 1. The van der Waals surface area contributed by atoms with Gasteiger partial charge in [0.2, 0.25) is 10.0 Å². The summed E-state index contributed by atoms with van der Waals surface area (Å²) in [5.41, 5.74) is 2.03. The second-order valence-electron chi connectivity index (χ2n) is 6.02. The Kier molecular flexibility index (Phi) is 4.10. The quantitative estimate of drug-likeness (QED) is 0.763. The smallest absolute Gasteiger partial charge is 0.240 e. The van der Waals surface area contributed by atoms with Gasteiger partial charge in [0.05, 0.1) is 16.8 Å². The van der Waals surface area contributed by atoms with E-state index in [2.05, 4.69) is 19.3 Å². The van der Waals surface area contributed by atoms with Crippen LogP contribution < -0.4 is 4.72 Å². The molecule has 3 heterocycles. The van der Waals surface area contributed by atoms with E-state index < -0.39 is 10.0 Å². The minimum atomic E-state index is -3.50. The second-order valence-corrected chi connectivity index (χ2v) is 7.79. The first kappa shape index (κ1) is 16.0. The summed E-state index contributed by atoms with van der Waals surface area (Å²) in [4.78, 5) is 8.83. The van der Waals surface area contributed by atoms with Crippen LogP contribution in [0.15, 0.2) is 66.0 Å². The molecule has 0 radical (unpaired) electrons. The zero-order chi connectivity index (χ0) is 17.3. The minimum absolute atomic E-state index is 0.0548. The topological polar surface area (TPSA) is 76.9 Å². The Morgan fingerprint density at radius 2 is 1.88 bits per heavy atom. The third kappa shape index (κ3) is 3.08. The number of pyridine rings is 1. The van der Waals surface area contributed by atoms with Gasteiger partial charge in [-0.25, -0.2) is 18.1 Å². The van der Waals surface area contributed by atoms with Crippen LogP contribution in [0.4, 0.5) is 0 Å². The van der Waals surface area contributed by atoms with Gasteiger partial charge in [-0.05, 0) is 30.7 Å². The zero-order valence-electron chi connectivity index (χ0n) is 13.5. The summed E-state index contributed by atoms with van der Waals surface area (Å²) in [6, 6.07) is 12.4. The molecule has 1 aliphatic rings. The Morgan fingerprint density at radius 1 is 1.12 bits per heavy atom. The Balaban J connectivity index is 1.57. The molecule has 0 amide bonds. The van der Waals surface area contributed by atoms with E-state index in [1.165, 1.54) is 0 Å². The van der Waals surface area contributed by atoms with Crippen LogP contribution in [0.2, 0.25) is 0 Å². The fourth-order valence-corrected chi connectivity index (χ4v) is 4.33. The van der Waals surface area contributed by atoms with Gasteiger partial charge in [-0.2, -0.15) is 0 Å². The fraction of sp³-hybridized carbons (Fsp3) is 0.222. The van der Waals surface area contributed by atoms with Crippen molar-refractivity contribution in [2.75, 3.05) is 6.54 Å². The Bertz CT molecular complexity index is 969. The van der Waals surface area contributed by atoms with E-state index in [0.29, 0.717) is 6.54 Å². The number of hydrogen-bond acceptors (Lipinski definition) is 4. The highest BCUT2D eigenvalue weighted by Gasteiger charge is 2.27. The monoisotopic (exact) mass is 354 g/mol. The van der Waals surface area contributed by atoms with Gasteiger partial charge in [0.15, 0.2) is 0 Å². The van der Waals surface area contributed by atoms with Crippen molar-refractivity contribution in [1.29, 1.82) is 0 Å². The summed E-state index contributed by atoms with van der Waals surface area (Å²) < 4.78 is 29.8. The van der Waals surface area contributed by atoms with Crippen molar-refractivity contribution in [3.05, 3.63) is 66.9 Å². The van der Waals surface area contributed by atoms with Gasteiger partial charge < -0.3 is 4.57 Å². The van der Waals surface area contributed by atoms with Crippen LogP contribution in [-0.4, -0.2) is 29.5 Å². The molecule has 2 aromatic heterocycles. The number of rotatable bonds is 5. The molecule has 6 nitrogen and oxygen atoms in total. The second kappa shape index (κ2) is 6.42. The number of fused-ring (bicyclic) bond motifs is 1. The third-order valence-electron chi connectivity index (χ3n) is 4.48. The highest BCUT2D eigenvalue weighted by Crippen LogP contribution is 2.32. The van der Waals surface area contributed by atoms with E-state index >= 15 is 0 Å². The van der Waals surface area contributed by atoms with Crippen LogP contribution >= 0.6 is 0 Å². The van der Waals surface area contributed by atoms with Crippen molar-refractivity contribution in [1.82, 2.24) is 19.3 Å². The first-order valence-electron chi connectivity index (χ1n) is 8.16. The predicted molar refractivity (Wildman–Crippen MR) is 94.4 cm³/mol. The Hall–Kier alpha value is -2.51. The summed E-state index contributed by atoms with van der Waals surface area (Å²) in [5.74, 6) is 0.996. The lowest BCUT2D eigenvalue weighted by Crippen LogP contribution is -2.29. The lowest BCUT2D eigenvalue weighted by Gasteiger charge is -2.17. The van der Waals surface area contributed by atoms with Gasteiger partial charge in [-0.3, -0.25) is 4.98 Å². The van der Waals surface area contributed by atoms with Gasteiger partial charge in [0.1, 0.15) is 5.82 Å². The molecule has 1 atom stereocenters. The number of aromatic nitrogens is 3. The van der Waals surface area contributed by atoms with E-state index in [1.54, 1.807) is 42.7 Å². The highest BCUT2D eigenvalue weighted by molar-refractivity contribution is 7.89. The van der Waals surface area contributed by atoms with Crippen LogP contribution in [0.25, 0.3) is 11.3 Å². The zero-order valence-corrected chi connectivity index (χ0v) is 14.4. The van der Waals surface area contributed by atoms with Crippen molar-refractivity contribution >= 4 is 10.0 Å². The summed E-state index contributed by atoms with van der Waals surface area (Å²) in [5, 5.41) is 0. The van der Waals surface area contributed by atoms with Crippen LogP contribution in [0.5, 0.6) is 0 Å². The van der Waals surface area contributed by atoms with E-state index in [-0.39, 0.29) is 10.9 Å². The normalized spacial score (nSPS) is 16.7. The summed E-state index contributed by atoms with van der Waals surface area (Å²) >= 11 is 0. The molecule has 1 aliphatic heterocycles. The maximum atomic E-state index is 12.4. The van der Waals surface area contributed by atoms with Crippen molar-refractivity contribution in [2.45, 2.75) is 23.8 Å². The van der Waals surface area contributed by atoms with Crippen molar-refractivity contribution in [3.63, 3.8) is 0 Å². The van der Waals surface area contributed by atoms with Crippen LogP contribution in [0.1, 0.15) is 18.3 Å². The minimum Gasteiger partial charge on any atom is -0.324 e. The first-order valence-corrected chi connectivity index (χ1v) is 9.65. The predicted octanol–water partition coefficient (Wildman–Crippen LogP) is 2.41. The van der Waals surface area contributed by atoms with Crippen LogP contribution in [0, 0.1) is 0 Å². The molecule has 3 aromatic rings. The van der Waals surface area contributed by atoms with Crippen molar-refractivity contribution in [3.8, 4) is 11.3 Å². The van der Waals surface area contributed by atoms with E-state index in [1.807, 2.05) is 18.3 Å². The maximum absolute atomic E-state index is 12.4. The summed E-state index contributed by atoms with van der Waals surface area (Å²) in [6.07, 6.45) is 7.07. The first-order chi connectivity index (χ1) is 12.1. The molecule has 128 valence electrons. The molecule has 0 saturated heterocycles. The molecule has 0 fully saturated rings. The van der Waals surface area contributed by atoms with E-state index in [9.17, 15) is 8.42 Å². The average Bonchev–Trinajstić information content (AvgIpc) is 3.24. The molecule has 0 bridgehead atoms. The third-order valence-corrected chi connectivity index (χ3v) is 5.92. The number of hydrogen-bond donors (Lipinski definition) is 1. The van der Waals surface area contributed by atoms with E-state index in [0.717, 1.165) is 29.9 Å². The number of imidazole rings is 1. The lowest BCUT2D eigenvalue weighted by atomic mass is 10.1. The van der Waals surface area contributed by atoms with Gasteiger partial charge >= 0.3 is 0 Å². The average molecular weight is 354 g/mol. The molecule has 0 aliphatic carbocycles. The van der Waals surface area contributed by atoms with Crippen LogP contribution in [-0.2, 0) is 16.4 Å². The molecule has 7 heteroatoms. The molecule has 1 aromatic carbocycles. The fourth-order valence-electron chi connectivity index (χ4n) is 3.23. The molecule has 25 heavy (non-hydrogen) atoms. The molecule has 4 rings (SSSR count). The molecular formula is C18H18N4O2S. The Morgan fingerprint density at radius 3 is 2.64 bits per heavy atom. The van der Waals surface area contributed by atoms with Crippen molar-refractivity contribution in [2.24, 2.45) is 0 Å². The SMILES string of the molecule is O=S(=O)(NC[C@H]1CCc2ncc(-c3ccncc3)n21)c1ccccc1. The Labute approximate surface area is 146 Å². The number of nitrogens with one attached hydrogen (secondary N) is 1. The summed E-state index contributed by atoms with van der Waals surface area (Å²) in [6.45, 7) is 0.346. The van der Waals surface area contributed by atoms with Crippen LogP contribution in [0.3, 0.4) is 0 Å². The summed E-state index contributed by atoms with van der Waals surface area (Å²) in [7, 11) is -3.50. The largest absolute Gasteiger partial charge is 0.324 e. The number of nitrogens with zero attached hydrogens (tertiary/aromatic N) is 3. The van der Waals surface area contributed by atoms with Crippen molar-refractivity contribution < 1.29 is 8.42 Å². The molecule has 0 saturated carbocycles. The van der Waals surface area contributed by atoms with E-state index in [4.69, 9.17) is 0 Å². The lowest BCUT2D eigenvalue weighted by molar-refractivity contribution is 0.510. The number of sulfonamides is 1. The molecule has 0 unspecified atom stereocenters. The molecular weight excluding hydrogens is 336 g/mol. The standard InChI is InChI=1S/C18H18N4O2S/c23-25(24,16-4-2-1-3-5-16)21-12-15-6-7-18-20-13-17(22(15)18)14-8-10-19-11-9-14/h1-5,8-11,13,15,21H,6-7,12H2/t15-/m1/s1. The molecule has 1 N–H and O–H groups in total. The molecule has 0 spiro atoms.